The van der Waals surface area contributed by atoms with E-state index in [1.165, 1.54) is 0 Å². The molecule has 0 radical (unpaired) electrons. The van der Waals surface area contributed by atoms with Gasteiger partial charge in [-0.3, -0.25) is 9.69 Å². The fourth-order valence-electron chi connectivity index (χ4n) is 3.13. The Morgan fingerprint density at radius 2 is 1.92 bits per heavy atom. The van der Waals surface area contributed by atoms with Crippen molar-refractivity contribution in [1.82, 2.24) is 15.1 Å². The minimum absolute atomic E-state index is 0.0344. The van der Waals surface area contributed by atoms with E-state index in [1.807, 2.05) is 17.9 Å². The highest BCUT2D eigenvalue weighted by atomic mass is 19.3. The lowest BCUT2D eigenvalue weighted by molar-refractivity contribution is -0.139. The van der Waals surface area contributed by atoms with Crippen LogP contribution in [0.1, 0.15) is 25.3 Å². The molecule has 0 aromatic heterocycles. The third-order valence-corrected chi connectivity index (χ3v) is 4.56. The van der Waals surface area contributed by atoms with Gasteiger partial charge in [0, 0.05) is 18.6 Å². The van der Waals surface area contributed by atoms with Crippen LogP contribution >= 0.6 is 0 Å². The number of rotatable bonds is 9. The van der Waals surface area contributed by atoms with E-state index < -0.39 is 25.0 Å². The number of carboxylic acids is 1. The lowest BCUT2D eigenvalue weighted by atomic mass is 9.85. The Morgan fingerprint density at radius 1 is 1.27 bits per heavy atom. The van der Waals surface area contributed by atoms with E-state index in [1.54, 1.807) is 24.3 Å². The molecule has 8 heteroatoms. The number of nitrogens with one attached hydrogen (secondary N) is 1. The van der Waals surface area contributed by atoms with Crippen molar-refractivity contribution in [1.29, 1.82) is 0 Å². The van der Waals surface area contributed by atoms with E-state index in [9.17, 15) is 18.4 Å². The van der Waals surface area contributed by atoms with Crippen molar-refractivity contribution >= 4 is 12.0 Å². The van der Waals surface area contributed by atoms with Crippen molar-refractivity contribution in [3.63, 3.8) is 0 Å². The molecule has 2 amide bonds. The van der Waals surface area contributed by atoms with Crippen LogP contribution in [0.25, 0.3) is 0 Å². The normalized spacial score (nSPS) is 19.3. The molecule has 0 spiro atoms. The van der Waals surface area contributed by atoms with Crippen LogP contribution in [0.3, 0.4) is 0 Å². The van der Waals surface area contributed by atoms with Gasteiger partial charge in [0.1, 0.15) is 0 Å². The number of halogens is 2. The number of urea groups is 1. The number of alkyl halides is 2. The van der Waals surface area contributed by atoms with Crippen molar-refractivity contribution in [2.45, 2.75) is 44.8 Å². The maximum atomic E-state index is 12.8. The molecule has 6 nitrogen and oxygen atoms in total. The molecule has 1 aliphatic carbocycles. The van der Waals surface area contributed by atoms with Crippen molar-refractivity contribution < 1.29 is 23.5 Å². The zero-order chi connectivity index (χ0) is 19.1. The molecule has 2 rings (SSSR count). The lowest BCUT2D eigenvalue weighted by Crippen LogP contribution is -2.57. The van der Waals surface area contributed by atoms with E-state index in [2.05, 4.69) is 5.32 Å². The van der Waals surface area contributed by atoms with Crippen LogP contribution in [-0.4, -0.2) is 65.1 Å². The van der Waals surface area contributed by atoms with Crippen LogP contribution in [0.15, 0.2) is 30.3 Å². The Bertz CT molecular complexity index is 595. The molecule has 1 aromatic carbocycles. The number of carbonyl (C=O) groups is 2. The Morgan fingerprint density at radius 3 is 2.46 bits per heavy atom. The first-order valence-electron chi connectivity index (χ1n) is 8.72. The molecule has 0 heterocycles. The van der Waals surface area contributed by atoms with Crippen LogP contribution in [0.2, 0.25) is 0 Å². The van der Waals surface area contributed by atoms with Gasteiger partial charge in [0.2, 0.25) is 0 Å². The van der Waals surface area contributed by atoms with E-state index >= 15 is 0 Å². The van der Waals surface area contributed by atoms with Gasteiger partial charge in [-0.05, 0) is 24.9 Å². The van der Waals surface area contributed by atoms with E-state index in [0.29, 0.717) is 19.4 Å². The minimum atomic E-state index is -2.61. The molecule has 2 N–H and O–H groups in total. The molecular formula is C18H25F2N3O3. The second-order valence-electron chi connectivity index (χ2n) is 6.49. The van der Waals surface area contributed by atoms with Gasteiger partial charge in [-0.2, -0.15) is 0 Å². The average Bonchev–Trinajstić information content (AvgIpc) is 2.55. The first-order valence-corrected chi connectivity index (χ1v) is 8.72. The molecule has 0 aliphatic heterocycles. The maximum absolute atomic E-state index is 12.8. The molecule has 0 unspecified atom stereocenters. The van der Waals surface area contributed by atoms with Gasteiger partial charge < -0.3 is 15.3 Å². The van der Waals surface area contributed by atoms with Gasteiger partial charge in [0.05, 0.1) is 13.1 Å². The van der Waals surface area contributed by atoms with Crippen LogP contribution in [0.4, 0.5) is 13.6 Å². The fraction of sp³-hybridized carbons (Fsp3) is 0.556. The van der Waals surface area contributed by atoms with E-state index in [4.69, 9.17) is 5.11 Å². The van der Waals surface area contributed by atoms with Gasteiger partial charge in [-0.1, -0.05) is 37.3 Å². The quantitative estimate of drug-likeness (QED) is 0.701. The van der Waals surface area contributed by atoms with Gasteiger partial charge in [0.25, 0.3) is 6.43 Å². The summed E-state index contributed by atoms with van der Waals surface area (Å²) in [7, 11) is 0. The average molecular weight is 369 g/mol. The summed E-state index contributed by atoms with van der Waals surface area (Å²) in [5.41, 5.74) is 0.786. The smallest absolute Gasteiger partial charge is 0.318 e. The third kappa shape index (κ3) is 5.94. The van der Waals surface area contributed by atoms with Gasteiger partial charge in [-0.15, -0.1) is 0 Å². The number of aliphatic carboxylic acids is 1. The summed E-state index contributed by atoms with van der Waals surface area (Å²) in [6, 6.07) is 8.46. The zero-order valence-electron chi connectivity index (χ0n) is 14.8. The highest BCUT2D eigenvalue weighted by Gasteiger charge is 2.35. The summed E-state index contributed by atoms with van der Waals surface area (Å²) < 4.78 is 25.7. The molecule has 1 aliphatic rings. The molecule has 0 saturated heterocycles. The van der Waals surface area contributed by atoms with Gasteiger partial charge in [-0.25, -0.2) is 13.6 Å². The standard InChI is InChI=1S/C18H25F2N3O3/c1-2-22(12-17(24)25)15-8-14(9-15)21-18(26)23(11-16(19)20)10-13-6-4-3-5-7-13/h3-7,14-16H,2,8-12H2,1H3,(H,21,26)(H,24,25). The number of likely N-dealkylation sites (N-methyl/N-ethyl adjacent to an activating group) is 1. The molecule has 0 atom stereocenters. The van der Waals surface area contributed by atoms with Crippen LogP contribution in [0, 0.1) is 0 Å². The maximum Gasteiger partial charge on any atom is 0.318 e. The van der Waals surface area contributed by atoms with Crippen molar-refractivity contribution in [3.05, 3.63) is 35.9 Å². The van der Waals surface area contributed by atoms with Crippen LogP contribution in [0.5, 0.6) is 0 Å². The first kappa shape index (κ1) is 20.1. The first-order chi connectivity index (χ1) is 12.4. The second-order valence-corrected chi connectivity index (χ2v) is 6.49. The summed E-state index contributed by atoms with van der Waals surface area (Å²) in [4.78, 5) is 26.2. The van der Waals surface area contributed by atoms with Gasteiger partial charge >= 0.3 is 12.0 Å². The summed E-state index contributed by atoms with van der Waals surface area (Å²) in [6.07, 6.45) is -1.36. The van der Waals surface area contributed by atoms with Gasteiger partial charge in [0.15, 0.2) is 0 Å². The van der Waals surface area contributed by atoms with E-state index in [-0.39, 0.29) is 25.2 Å². The number of hydrogen-bond acceptors (Lipinski definition) is 3. The molecule has 26 heavy (non-hydrogen) atoms. The largest absolute Gasteiger partial charge is 0.480 e. The van der Waals surface area contributed by atoms with Crippen molar-refractivity contribution in [3.8, 4) is 0 Å². The molecule has 1 saturated carbocycles. The number of benzene rings is 1. The summed E-state index contributed by atoms with van der Waals surface area (Å²) >= 11 is 0. The number of carboxylic acid groups (broad SMARTS) is 1. The summed E-state index contributed by atoms with van der Waals surface area (Å²) in [5.74, 6) is -0.884. The molecule has 1 fully saturated rings. The predicted molar refractivity (Wildman–Crippen MR) is 93.1 cm³/mol. The number of nitrogens with zero attached hydrogens (tertiary/aromatic N) is 2. The Labute approximate surface area is 151 Å². The number of amides is 2. The Kier molecular flexibility index (Phi) is 7.32. The monoisotopic (exact) mass is 369 g/mol. The Balaban J connectivity index is 1.87. The second kappa shape index (κ2) is 9.47. The molecule has 0 bridgehead atoms. The summed E-state index contributed by atoms with van der Waals surface area (Å²) in [5, 5.41) is 11.7. The van der Waals surface area contributed by atoms with Crippen LogP contribution < -0.4 is 5.32 Å². The lowest BCUT2D eigenvalue weighted by Gasteiger charge is -2.42. The zero-order valence-corrected chi connectivity index (χ0v) is 14.8. The fourth-order valence-corrected chi connectivity index (χ4v) is 3.13. The van der Waals surface area contributed by atoms with E-state index in [0.717, 1.165) is 10.5 Å². The molecule has 144 valence electrons. The summed E-state index contributed by atoms with van der Waals surface area (Å²) in [6.45, 7) is 1.96. The number of hydrogen-bond donors (Lipinski definition) is 2. The molecular weight excluding hydrogens is 344 g/mol. The highest BCUT2D eigenvalue weighted by molar-refractivity contribution is 5.74. The Hall–Kier alpha value is -2.22. The number of carbonyl (C=O) groups excluding carboxylic acids is 1. The minimum Gasteiger partial charge on any atom is -0.480 e. The third-order valence-electron chi connectivity index (χ3n) is 4.56. The van der Waals surface area contributed by atoms with Crippen LogP contribution in [-0.2, 0) is 11.3 Å². The molecule has 1 aromatic rings. The van der Waals surface area contributed by atoms with Crippen molar-refractivity contribution in [2.24, 2.45) is 0 Å². The van der Waals surface area contributed by atoms with Crippen molar-refractivity contribution in [2.75, 3.05) is 19.6 Å². The predicted octanol–water partition coefficient (Wildman–Crippen LogP) is 2.40. The highest BCUT2D eigenvalue weighted by Crippen LogP contribution is 2.26. The topological polar surface area (TPSA) is 72.9 Å². The SMILES string of the molecule is CCN(CC(=O)O)C1CC(NC(=O)N(Cc2ccccc2)CC(F)F)C1.